The number of ether oxygens (including phenoxy) is 1. The number of amides is 1. The molecule has 0 aliphatic rings. The van der Waals surface area contributed by atoms with E-state index in [0.29, 0.717) is 6.54 Å². The molecule has 1 N–H and O–H groups in total. The lowest BCUT2D eigenvalue weighted by Gasteiger charge is -2.10. The maximum atomic E-state index is 11.3. The van der Waals surface area contributed by atoms with Crippen LogP contribution in [0.2, 0.25) is 0 Å². The standard InChI is InChI=1S/C10H16N2O2/c1-9(14-2)10(13)11-5-8-12-6-3-4-7-12/h3-4,6-7,9H,5,8H2,1-2H3,(H,11,13). The van der Waals surface area contributed by atoms with Crippen LogP contribution in [0.1, 0.15) is 6.92 Å². The lowest BCUT2D eigenvalue weighted by molar-refractivity contribution is -0.130. The molecule has 0 bridgehead atoms. The van der Waals surface area contributed by atoms with Gasteiger partial charge in [0.25, 0.3) is 0 Å². The molecule has 4 heteroatoms. The first-order valence-electron chi connectivity index (χ1n) is 4.65. The fourth-order valence-corrected chi connectivity index (χ4v) is 1.08. The van der Waals surface area contributed by atoms with Gasteiger partial charge in [-0.15, -0.1) is 0 Å². The number of hydrogen-bond donors (Lipinski definition) is 1. The molecule has 14 heavy (non-hydrogen) atoms. The van der Waals surface area contributed by atoms with Crippen molar-refractivity contribution in [2.75, 3.05) is 13.7 Å². The molecule has 0 fully saturated rings. The average Bonchev–Trinajstić information content (AvgIpc) is 2.69. The highest BCUT2D eigenvalue weighted by atomic mass is 16.5. The predicted molar refractivity (Wildman–Crippen MR) is 53.9 cm³/mol. The summed E-state index contributed by atoms with van der Waals surface area (Å²) in [5, 5.41) is 2.79. The third-order valence-corrected chi connectivity index (χ3v) is 2.06. The van der Waals surface area contributed by atoms with E-state index in [1.165, 1.54) is 7.11 Å². The van der Waals surface area contributed by atoms with Crippen molar-refractivity contribution in [2.24, 2.45) is 0 Å². The van der Waals surface area contributed by atoms with Gasteiger partial charge >= 0.3 is 0 Å². The van der Waals surface area contributed by atoms with Crippen LogP contribution >= 0.6 is 0 Å². The molecule has 1 atom stereocenters. The van der Waals surface area contributed by atoms with Crippen LogP contribution in [0.4, 0.5) is 0 Å². The van der Waals surface area contributed by atoms with E-state index in [0.717, 1.165) is 6.54 Å². The van der Waals surface area contributed by atoms with E-state index in [2.05, 4.69) is 5.32 Å². The second-order valence-corrected chi connectivity index (χ2v) is 3.09. The van der Waals surface area contributed by atoms with Crippen LogP contribution in [-0.2, 0) is 16.1 Å². The molecule has 78 valence electrons. The zero-order valence-corrected chi connectivity index (χ0v) is 8.56. The second-order valence-electron chi connectivity index (χ2n) is 3.09. The minimum atomic E-state index is -0.375. The molecule has 4 nitrogen and oxygen atoms in total. The summed E-state index contributed by atoms with van der Waals surface area (Å²) in [6.45, 7) is 3.14. The zero-order valence-electron chi connectivity index (χ0n) is 8.56. The van der Waals surface area contributed by atoms with Crippen molar-refractivity contribution in [3.63, 3.8) is 0 Å². The van der Waals surface area contributed by atoms with Gasteiger partial charge in [0.1, 0.15) is 6.10 Å². The Kier molecular flexibility index (Phi) is 4.19. The number of hydrogen-bond acceptors (Lipinski definition) is 2. The van der Waals surface area contributed by atoms with Gasteiger partial charge in [0.05, 0.1) is 0 Å². The number of nitrogens with one attached hydrogen (secondary N) is 1. The van der Waals surface area contributed by atoms with Crippen molar-refractivity contribution in [3.05, 3.63) is 24.5 Å². The number of aromatic nitrogens is 1. The van der Waals surface area contributed by atoms with Crippen molar-refractivity contribution >= 4 is 5.91 Å². The van der Waals surface area contributed by atoms with Gasteiger partial charge in [-0.25, -0.2) is 0 Å². The predicted octanol–water partition coefficient (Wildman–Crippen LogP) is 0.639. The Hall–Kier alpha value is -1.29. The summed E-state index contributed by atoms with van der Waals surface area (Å²) in [6, 6.07) is 3.92. The molecule has 1 aromatic heterocycles. The summed E-state index contributed by atoms with van der Waals surface area (Å²) in [5.74, 6) is -0.0698. The number of carbonyl (C=O) groups excluding carboxylic acids is 1. The molecule has 0 aliphatic heterocycles. The number of nitrogens with zero attached hydrogens (tertiary/aromatic N) is 1. The van der Waals surface area contributed by atoms with Crippen molar-refractivity contribution in [2.45, 2.75) is 19.6 Å². The van der Waals surface area contributed by atoms with Crippen molar-refractivity contribution in [1.29, 1.82) is 0 Å². The van der Waals surface area contributed by atoms with Gasteiger partial charge in [0.2, 0.25) is 5.91 Å². The van der Waals surface area contributed by atoms with Gasteiger partial charge in [-0.2, -0.15) is 0 Å². The molecule has 1 rings (SSSR count). The molecule has 0 radical (unpaired) electrons. The topological polar surface area (TPSA) is 43.3 Å². The van der Waals surface area contributed by atoms with Crippen molar-refractivity contribution in [1.82, 2.24) is 9.88 Å². The molecule has 0 saturated heterocycles. The third-order valence-electron chi connectivity index (χ3n) is 2.06. The van der Waals surface area contributed by atoms with E-state index in [4.69, 9.17) is 4.74 Å². The average molecular weight is 196 g/mol. The van der Waals surface area contributed by atoms with E-state index in [1.54, 1.807) is 6.92 Å². The van der Waals surface area contributed by atoms with E-state index in [1.807, 2.05) is 29.1 Å². The summed E-state index contributed by atoms with van der Waals surface area (Å²) < 4.78 is 6.89. The molecule has 1 amide bonds. The molecule has 1 unspecified atom stereocenters. The Morgan fingerprint density at radius 2 is 2.14 bits per heavy atom. The summed E-state index contributed by atoms with van der Waals surface area (Å²) in [5.41, 5.74) is 0. The SMILES string of the molecule is COC(C)C(=O)NCCn1cccc1. The molecule has 1 aromatic rings. The largest absolute Gasteiger partial charge is 0.372 e. The number of rotatable bonds is 5. The minimum Gasteiger partial charge on any atom is -0.372 e. The molecule has 0 aromatic carbocycles. The highest BCUT2D eigenvalue weighted by Gasteiger charge is 2.09. The Morgan fingerprint density at radius 1 is 1.50 bits per heavy atom. The Balaban J connectivity index is 2.18. The third kappa shape index (κ3) is 3.22. The highest BCUT2D eigenvalue weighted by molar-refractivity contribution is 5.80. The molecule has 0 spiro atoms. The first-order valence-corrected chi connectivity index (χ1v) is 4.65. The molecule has 0 aliphatic carbocycles. The van der Waals surface area contributed by atoms with Crippen LogP contribution in [0.5, 0.6) is 0 Å². The molecular formula is C10H16N2O2. The fraction of sp³-hybridized carbons (Fsp3) is 0.500. The van der Waals surface area contributed by atoms with Gasteiger partial charge in [-0.3, -0.25) is 4.79 Å². The first kappa shape index (κ1) is 10.8. The maximum absolute atomic E-state index is 11.3. The number of carbonyl (C=O) groups is 1. The lowest BCUT2D eigenvalue weighted by atomic mass is 10.4. The molecule has 1 heterocycles. The summed E-state index contributed by atoms with van der Waals surface area (Å²) in [7, 11) is 1.52. The van der Waals surface area contributed by atoms with Gasteiger partial charge in [0, 0.05) is 32.6 Å². The smallest absolute Gasteiger partial charge is 0.248 e. The minimum absolute atomic E-state index is 0.0698. The second kappa shape index (κ2) is 5.44. The summed E-state index contributed by atoms with van der Waals surface area (Å²) in [4.78, 5) is 11.3. The van der Waals surface area contributed by atoms with Crippen molar-refractivity contribution in [3.8, 4) is 0 Å². The number of methoxy groups -OCH3 is 1. The van der Waals surface area contributed by atoms with E-state index >= 15 is 0 Å². The van der Waals surface area contributed by atoms with Crippen molar-refractivity contribution < 1.29 is 9.53 Å². The Morgan fingerprint density at radius 3 is 2.71 bits per heavy atom. The van der Waals surface area contributed by atoms with Gasteiger partial charge in [0.15, 0.2) is 0 Å². The van der Waals surface area contributed by atoms with Crippen LogP contribution in [-0.4, -0.2) is 30.2 Å². The lowest BCUT2D eigenvalue weighted by Crippen LogP contribution is -2.35. The summed E-state index contributed by atoms with van der Waals surface area (Å²) in [6.07, 6.45) is 3.55. The normalized spacial score (nSPS) is 12.4. The monoisotopic (exact) mass is 196 g/mol. The quantitative estimate of drug-likeness (QED) is 0.751. The van der Waals surface area contributed by atoms with Crippen LogP contribution in [0.25, 0.3) is 0 Å². The van der Waals surface area contributed by atoms with Crippen LogP contribution in [0.3, 0.4) is 0 Å². The van der Waals surface area contributed by atoms with E-state index in [9.17, 15) is 4.79 Å². The maximum Gasteiger partial charge on any atom is 0.248 e. The van der Waals surface area contributed by atoms with Gasteiger partial charge in [-0.05, 0) is 19.1 Å². The van der Waals surface area contributed by atoms with Crippen LogP contribution in [0.15, 0.2) is 24.5 Å². The van der Waals surface area contributed by atoms with Crippen LogP contribution in [0, 0.1) is 0 Å². The van der Waals surface area contributed by atoms with Gasteiger partial charge in [-0.1, -0.05) is 0 Å². The molecular weight excluding hydrogens is 180 g/mol. The highest BCUT2D eigenvalue weighted by Crippen LogP contribution is 1.90. The van der Waals surface area contributed by atoms with E-state index in [-0.39, 0.29) is 12.0 Å². The Bertz CT molecular complexity index is 270. The molecule has 0 saturated carbocycles. The zero-order chi connectivity index (χ0) is 10.4. The fourth-order valence-electron chi connectivity index (χ4n) is 1.08. The van der Waals surface area contributed by atoms with E-state index < -0.39 is 0 Å². The van der Waals surface area contributed by atoms with Gasteiger partial charge < -0.3 is 14.6 Å². The Labute approximate surface area is 83.9 Å². The summed E-state index contributed by atoms with van der Waals surface area (Å²) >= 11 is 0. The first-order chi connectivity index (χ1) is 6.74. The van der Waals surface area contributed by atoms with Crippen LogP contribution < -0.4 is 5.32 Å².